The Morgan fingerprint density at radius 2 is 1.42 bits per heavy atom. The van der Waals surface area contributed by atoms with Crippen molar-refractivity contribution in [2.45, 2.75) is 64.7 Å². The van der Waals surface area contributed by atoms with Gasteiger partial charge in [0.15, 0.2) is 0 Å². The first-order valence-corrected chi connectivity index (χ1v) is 18.7. The molecule has 4 heterocycles. The largest absolute Gasteiger partial charge is 0.453 e. The van der Waals surface area contributed by atoms with E-state index in [-0.39, 0.29) is 35.7 Å². The average Bonchev–Trinajstić information content (AvgIpc) is 3.97. The monoisotopic (exact) mass is 730 g/mol. The third kappa shape index (κ3) is 7.59. The van der Waals surface area contributed by atoms with E-state index in [0.29, 0.717) is 24.0 Å². The molecule has 2 saturated heterocycles. The lowest BCUT2D eigenvalue weighted by Crippen LogP contribution is -2.51. The van der Waals surface area contributed by atoms with Gasteiger partial charge in [-0.05, 0) is 53.5 Å². The van der Waals surface area contributed by atoms with Crippen molar-refractivity contribution in [2.75, 3.05) is 32.4 Å². The number of thioether (sulfide) groups is 1. The molecule has 0 bridgehead atoms. The molecule has 14 nitrogen and oxygen atoms in total. The number of hydrogen-bond acceptors (Lipinski definition) is 9. The van der Waals surface area contributed by atoms with Gasteiger partial charge in [-0.15, -0.1) is 11.8 Å². The maximum atomic E-state index is 13.6. The van der Waals surface area contributed by atoms with Crippen LogP contribution in [0, 0.1) is 11.8 Å². The molecule has 276 valence electrons. The van der Waals surface area contributed by atoms with Crippen molar-refractivity contribution in [3.63, 3.8) is 0 Å². The maximum absolute atomic E-state index is 13.6. The Morgan fingerprint density at radius 3 is 2.06 bits per heavy atom. The van der Waals surface area contributed by atoms with Gasteiger partial charge in [0.1, 0.15) is 23.7 Å². The number of hydrogen-bond donors (Lipinski definition) is 4. The summed E-state index contributed by atoms with van der Waals surface area (Å²) in [5.74, 6) is 2.08. The van der Waals surface area contributed by atoms with Gasteiger partial charge < -0.3 is 39.9 Å². The molecule has 52 heavy (non-hydrogen) atoms. The molecule has 2 aromatic carbocycles. The minimum atomic E-state index is -0.705. The summed E-state index contributed by atoms with van der Waals surface area (Å²) >= 11 is 1.65. The van der Waals surface area contributed by atoms with Gasteiger partial charge in [-0.25, -0.2) is 19.6 Å². The first kappa shape index (κ1) is 36.7. The minimum absolute atomic E-state index is 0.110. The standard InChI is InChI=1S/C37H46N8O6S/c1-20(2)30(42-36(48)50-5)34(46)44-15-7-8-28(44)33-39-25-14-13-24(16-26(25)40-33)22-9-11-23(12-10-22)27-17-38-32(41-27)29-18-52-19-45(29)35(47)31(21(3)4)43-37(49)51-6/h9-14,16-17,20-21,28-31H,7-8,15,18-19H2,1-6H3,(H,38,41)(H,39,40)(H,42,48)(H,43,49)/t28-,29-,30-,31-/m0/s1. The number of carbonyl (C=O) groups is 4. The van der Waals surface area contributed by atoms with E-state index < -0.39 is 24.3 Å². The van der Waals surface area contributed by atoms with Crippen molar-refractivity contribution in [3.8, 4) is 22.4 Å². The highest BCUT2D eigenvalue weighted by Gasteiger charge is 2.39. The van der Waals surface area contributed by atoms with Crippen LogP contribution in [0.4, 0.5) is 9.59 Å². The number of amides is 4. The van der Waals surface area contributed by atoms with E-state index in [1.165, 1.54) is 14.2 Å². The Balaban J connectivity index is 1.16. The Hall–Kier alpha value is -5.05. The van der Waals surface area contributed by atoms with Crippen LogP contribution in [0.1, 0.15) is 64.3 Å². The van der Waals surface area contributed by atoms with Gasteiger partial charge in [0, 0.05) is 12.3 Å². The van der Waals surface area contributed by atoms with Crippen LogP contribution in [-0.4, -0.2) is 98.2 Å². The number of aromatic nitrogens is 4. The highest BCUT2D eigenvalue weighted by molar-refractivity contribution is 7.99. The third-order valence-electron chi connectivity index (χ3n) is 9.74. The van der Waals surface area contributed by atoms with Crippen LogP contribution in [0.3, 0.4) is 0 Å². The maximum Gasteiger partial charge on any atom is 0.407 e. The summed E-state index contributed by atoms with van der Waals surface area (Å²) in [5.41, 5.74) is 5.51. The van der Waals surface area contributed by atoms with Gasteiger partial charge in [0.25, 0.3) is 0 Å². The smallest absolute Gasteiger partial charge is 0.407 e. The number of alkyl carbamates (subject to hydrolysis) is 2. The molecule has 2 aromatic heterocycles. The number of fused-ring (bicyclic) bond motifs is 1. The van der Waals surface area contributed by atoms with Crippen LogP contribution in [0.25, 0.3) is 33.4 Å². The highest BCUT2D eigenvalue weighted by Crippen LogP contribution is 2.36. The lowest BCUT2D eigenvalue weighted by Gasteiger charge is -2.29. The molecular formula is C37H46N8O6S. The molecular weight excluding hydrogens is 685 g/mol. The molecule has 0 radical (unpaired) electrons. The van der Waals surface area contributed by atoms with Crippen LogP contribution in [0.15, 0.2) is 48.7 Å². The van der Waals surface area contributed by atoms with E-state index in [2.05, 4.69) is 43.8 Å². The Labute approximate surface area is 306 Å². The molecule has 2 aliphatic heterocycles. The molecule has 6 rings (SSSR count). The van der Waals surface area contributed by atoms with E-state index >= 15 is 0 Å². The second-order valence-corrected chi connectivity index (χ2v) is 14.8. The second-order valence-electron chi connectivity index (χ2n) is 13.8. The number of carbonyl (C=O) groups excluding carboxylic acids is 4. The zero-order valence-corrected chi connectivity index (χ0v) is 31.1. The zero-order chi connectivity index (χ0) is 37.1. The van der Waals surface area contributed by atoms with Crippen LogP contribution in [0.2, 0.25) is 0 Å². The van der Waals surface area contributed by atoms with Gasteiger partial charge >= 0.3 is 12.2 Å². The summed E-state index contributed by atoms with van der Waals surface area (Å²) in [6.45, 7) is 8.17. The van der Waals surface area contributed by atoms with Crippen molar-refractivity contribution in [1.82, 2.24) is 40.4 Å². The fourth-order valence-electron chi connectivity index (χ4n) is 6.82. The number of nitrogens with zero attached hydrogens (tertiary/aromatic N) is 4. The van der Waals surface area contributed by atoms with Crippen molar-refractivity contribution in [2.24, 2.45) is 11.8 Å². The predicted octanol–water partition coefficient (Wildman–Crippen LogP) is 5.62. The number of imidazole rings is 2. The first-order valence-electron chi connectivity index (χ1n) is 17.5. The number of likely N-dealkylation sites (tertiary alicyclic amines) is 1. The number of rotatable bonds is 10. The first-order chi connectivity index (χ1) is 25.0. The van der Waals surface area contributed by atoms with E-state index in [9.17, 15) is 19.2 Å². The fraction of sp³-hybridized carbons (Fsp3) is 0.459. The van der Waals surface area contributed by atoms with Gasteiger partial charge in [0.2, 0.25) is 11.8 Å². The third-order valence-corrected chi connectivity index (χ3v) is 10.8. The van der Waals surface area contributed by atoms with Gasteiger partial charge in [-0.1, -0.05) is 58.0 Å². The van der Waals surface area contributed by atoms with Crippen LogP contribution in [0.5, 0.6) is 0 Å². The number of aromatic amines is 2. The molecule has 4 aromatic rings. The number of ether oxygens (including phenoxy) is 2. The number of methoxy groups -OCH3 is 2. The number of H-pyrrole nitrogens is 2. The molecule has 2 fully saturated rings. The van der Waals surface area contributed by atoms with Crippen LogP contribution >= 0.6 is 11.8 Å². The molecule has 2 aliphatic rings. The number of nitrogens with one attached hydrogen (secondary N) is 4. The average molecular weight is 731 g/mol. The summed E-state index contributed by atoms with van der Waals surface area (Å²) in [5, 5.41) is 5.38. The molecule has 0 aliphatic carbocycles. The zero-order valence-electron chi connectivity index (χ0n) is 30.3. The molecule has 0 spiro atoms. The molecule has 15 heteroatoms. The Kier molecular flexibility index (Phi) is 11.1. The molecule has 0 saturated carbocycles. The van der Waals surface area contributed by atoms with Crippen LogP contribution < -0.4 is 10.6 Å². The molecule has 4 amide bonds. The van der Waals surface area contributed by atoms with Gasteiger partial charge in [0.05, 0.1) is 55.1 Å². The normalized spacial score (nSPS) is 18.5. The Bertz CT molecular complexity index is 1920. The molecule has 0 unspecified atom stereocenters. The summed E-state index contributed by atoms with van der Waals surface area (Å²) < 4.78 is 9.50. The summed E-state index contributed by atoms with van der Waals surface area (Å²) in [4.78, 5) is 71.0. The minimum Gasteiger partial charge on any atom is -0.453 e. The highest BCUT2D eigenvalue weighted by atomic mass is 32.2. The van der Waals surface area contributed by atoms with E-state index in [0.717, 1.165) is 52.1 Å². The second kappa shape index (κ2) is 15.7. The van der Waals surface area contributed by atoms with Crippen molar-refractivity contribution >= 4 is 46.8 Å². The summed E-state index contributed by atoms with van der Waals surface area (Å²) in [6, 6.07) is 12.4. The summed E-state index contributed by atoms with van der Waals surface area (Å²) in [7, 11) is 2.57. The topological polar surface area (TPSA) is 175 Å². The SMILES string of the molecule is COC(=O)N[C@H](C(=O)N1CSC[C@H]1c1ncc(-c2ccc(-c3ccc4nc([C@@H]5CCCN5C(=O)[C@@H](NC(=O)OC)C(C)C)[nH]c4c3)cc2)[nH]1)C(C)C. The summed E-state index contributed by atoms with van der Waals surface area (Å²) in [6.07, 6.45) is 2.14. The predicted molar refractivity (Wildman–Crippen MR) is 198 cm³/mol. The van der Waals surface area contributed by atoms with Gasteiger partial charge in [-0.2, -0.15) is 0 Å². The lowest BCUT2D eigenvalue weighted by atomic mass is 10.0. The van der Waals surface area contributed by atoms with E-state index in [1.54, 1.807) is 22.9 Å². The lowest BCUT2D eigenvalue weighted by molar-refractivity contribution is -0.136. The van der Waals surface area contributed by atoms with E-state index in [1.807, 2.05) is 56.9 Å². The Morgan fingerprint density at radius 1 is 0.808 bits per heavy atom. The van der Waals surface area contributed by atoms with Crippen LogP contribution in [-0.2, 0) is 19.1 Å². The number of benzene rings is 2. The van der Waals surface area contributed by atoms with Crippen molar-refractivity contribution in [3.05, 3.63) is 60.3 Å². The quantitative estimate of drug-likeness (QED) is 0.162. The fourth-order valence-corrected chi connectivity index (χ4v) is 7.99. The van der Waals surface area contributed by atoms with Gasteiger partial charge in [-0.3, -0.25) is 9.59 Å². The van der Waals surface area contributed by atoms with Crippen molar-refractivity contribution < 1.29 is 28.7 Å². The van der Waals surface area contributed by atoms with Crippen molar-refractivity contribution in [1.29, 1.82) is 0 Å². The molecule has 4 N–H and O–H groups in total. The molecule has 4 atom stereocenters. The van der Waals surface area contributed by atoms with E-state index in [4.69, 9.17) is 14.5 Å².